The van der Waals surface area contributed by atoms with Crippen LogP contribution in [0.3, 0.4) is 0 Å². The smallest absolute Gasteiger partial charge is 0.227 e. The fraction of sp³-hybridized carbons (Fsp3) is 0. The lowest BCUT2D eigenvalue weighted by atomic mass is 10.0. The first-order valence-electron chi connectivity index (χ1n) is 17.2. The fourth-order valence-electron chi connectivity index (χ4n) is 7.45. The summed E-state index contributed by atoms with van der Waals surface area (Å²) in [4.78, 5) is 7.26. The molecule has 0 spiro atoms. The molecule has 0 aliphatic carbocycles. The molecule has 0 unspecified atom stereocenters. The average molecular weight is 654 g/mol. The Hall–Kier alpha value is -6.91. The summed E-state index contributed by atoms with van der Waals surface area (Å²) in [6, 6.07) is 66.3. The van der Waals surface area contributed by atoms with Gasteiger partial charge in [0.05, 0.1) is 16.7 Å². The highest BCUT2D eigenvalue weighted by Gasteiger charge is 2.21. The molecule has 51 heavy (non-hydrogen) atoms. The molecule has 8 aromatic carbocycles. The van der Waals surface area contributed by atoms with E-state index in [-0.39, 0.29) is 0 Å². The highest BCUT2D eigenvalue weighted by Crippen LogP contribution is 2.44. The largest absolute Gasteiger partial charge is 0.435 e. The van der Waals surface area contributed by atoms with Crippen LogP contribution in [-0.4, -0.2) is 9.55 Å². The molecule has 0 radical (unpaired) electrons. The summed E-state index contributed by atoms with van der Waals surface area (Å²) in [5, 5.41) is 4.55. The van der Waals surface area contributed by atoms with Crippen molar-refractivity contribution in [2.75, 3.05) is 4.90 Å². The number of oxazole rings is 1. The van der Waals surface area contributed by atoms with Gasteiger partial charge in [-0.15, -0.1) is 0 Å². The quantitative estimate of drug-likeness (QED) is 0.179. The Bertz CT molecular complexity index is 2850. The van der Waals surface area contributed by atoms with Gasteiger partial charge in [-0.3, -0.25) is 0 Å². The Labute approximate surface area is 295 Å². The molecule has 0 aliphatic heterocycles. The molecule has 0 aliphatic rings. The minimum atomic E-state index is 0.619. The Balaban J connectivity index is 1.24. The monoisotopic (exact) mass is 653 g/mol. The summed E-state index contributed by atoms with van der Waals surface area (Å²) in [6.45, 7) is 0. The van der Waals surface area contributed by atoms with E-state index in [1.54, 1.807) is 0 Å². The molecule has 0 fully saturated rings. The highest BCUT2D eigenvalue weighted by molar-refractivity contribution is 6.11. The lowest BCUT2D eigenvalue weighted by Crippen LogP contribution is -2.11. The Kier molecular flexibility index (Phi) is 6.78. The molecule has 0 N–H and O–H groups in total. The van der Waals surface area contributed by atoms with Crippen LogP contribution in [0.15, 0.2) is 192 Å². The molecule has 0 saturated heterocycles. The zero-order chi connectivity index (χ0) is 33.7. The van der Waals surface area contributed by atoms with Gasteiger partial charge in [0.15, 0.2) is 5.58 Å². The van der Waals surface area contributed by atoms with E-state index in [9.17, 15) is 0 Å². The zero-order valence-corrected chi connectivity index (χ0v) is 27.6. The van der Waals surface area contributed by atoms with Crippen molar-refractivity contribution >= 4 is 60.7 Å². The van der Waals surface area contributed by atoms with Crippen LogP contribution in [0.4, 0.5) is 17.1 Å². The van der Waals surface area contributed by atoms with E-state index in [1.165, 1.54) is 16.3 Å². The number of para-hydroxylation sites is 3. The zero-order valence-electron chi connectivity index (χ0n) is 27.6. The number of hydrogen-bond donors (Lipinski definition) is 0. The number of hydrogen-bond acceptors (Lipinski definition) is 3. The number of nitrogens with zero attached hydrogens (tertiary/aromatic N) is 3. The van der Waals surface area contributed by atoms with Gasteiger partial charge in [-0.1, -0.05) is 121 Å². The second-order valence-corrected chi connectivity index (χ2v) is 12.8. The van der Waals surface area contributed by atoms with E-state index < -0.39 is 0 Å². The summed E-state index contributed by atoms with van der Waals surface area (Å²) in [6.07, 6.45) is 0. The predicted octanol–water partition coefficient (Wildman–Crippen LogP) is 12.9. The first-order valence-corrected chi connectivity index (χ1v) is 17.2. The minimum Gasteiger partial charge on any atom is -0.435 e. The fourth-order valence-corrected chi connectivity index (χ4v) is 7.45. The van der Waals surface area contributed by atoms with Gasteiger partial charge in [-0.25, -0.2) is 4.98 Å². The summed E-state index contributed by atoms with van der Waals surface area (Å²) in [5.41, 5.74) is 11.5. The molecule has 0 amide bonds. The van der Waals surface area contributed by atoms with Crippen molar-refractivity contribution < 1.29 is 4.42 Å². The van der Waals surface area contributed by atoms with E-state index in [4.69, 9.17) is 9.40 Å². The third-order valence-corrected chi connectivity index (χ3v) is 9.79. The van der Waals surface area contributed by atoms with E-state index in [1.807, 2.05) is 36.4 Å². The van der Waals surface area contributed by atoms with Crippen LogP contribution < -0.4 is 4.90 Å². The van der Waals surface area contributed by atoms with Gasteiger partial charge in [0.1, 0.15) is 5.52 Å². The van der Waals surface area contributed by atoms with Crippen molar-refractivity contribution in [1.82, 2.24) is 9.55 Å². The Morgan fingerprint density at radius 1 is 0.471 bits per heavy atom. The van der Waals surface area contributed by atoms with Crippen molar-refractivity contribution in [3.05, 3.63) is 188 Å². The van der Waals surface area contributed by atoms with Gasteiger partial charge in [0.2, 0.25) is 5.89 Å². The van der Waals surface area contributed by atoms with Gasteiger partial charge >= 0.3 is 0 Å². The first kappa shape index (κ1) is 29.0. The number of aromatic nitrogens is 2. The third kappa shape index (κ3) is 4.88. The lowest BCUT2D eigenvalue weighted by molar-refractivity contribution is 0.623. The Morgan fingerprint density at radius 3 is 1.92 bits per heavy atom. The van der Waals surface area contributed by atoms with Gasteiger partial charge in [0, 0.05) is 44.3 Å². The second kappa shape index (κ2) is 11.9. The summed E-state index contributed by atoms with van der Waals surface area (Å²) in [7, 11) is 0. The van der Waals surface area contributed by atoms with Gasteiger partial charge < -0.3 is 13.9 Å². The molecule has 10 aromatic rings. The topological polar surface area (TPSA) is 34.2 Å². The maximum atomic E-state index is 6.53. The predicted molar refractivity (Wildman–Crippen MR) is 211 cm³/mol. The Morgan fingerprint density at radius 2 is 1.10 bits per heavy atom. The normalized spacial score (nSPS) is 11.5. The number of anilines is 3. The van der Waals surface area contributed by atoms with E-state index in [0.717, 1.165) is 66.8 Å². The lowest BCUT2D eigenvalue weighted by Gasteiger charge is -2.28. The minimum absolute atomic E-state index is 0.619. The molecule has 10 rings (SSSR count). The van der Waals surface area contributed by atoms with E-state index in [0.29, 0.717) is 5.89 Å². The van der Waals surface area contributed by atoms with Crippen molar-refractivity contribution in [2.45, 2.75) is 0 Å². The number of fused-ring (bicyclic) bond motifs is 6. The van der Waals surface area contributed by atoms with Gasteiger partial charge in [0.25, 0.3) is 0 Å². The van der Waals surface area contributed by atoms with Crippen LogP contribution >= 0.6 is 0 Å². The average Bonchev–Trinajstić information content (AvgIpc) is 3.79. The third-order valence-electron chi connectivity index (χ3n) is 9.79. The van der Waals surface area contributed by atoms with Crippen molar-refractivity contribution in [1.29, 1.82) is 0 Å². The molecule has 2 aromatic heterocycles. The van der Waals surface area contributed by atoms with Crippen LogP contribution in [0, 0.1) is 0 Å². The first-order chi connectivity index (χ1) is 25.3. The van der Waals surface area contributed by atoms with Crippen molar-refractivity contribution in [2.24, 2.45) is 0 Å². The molecule has 0 atom stereocenters. The van der Waals surface area contributed by atoms with Gasteiger partial charge in [-0.05, 0) is 77.7 Å². The van der Waals surface area contributed by atoms with E-state index >= 15 is 0 Å². The van der Waals surface area contributed by atoms with Crippen molar-refractivity contribution in [3.63, 3.8) is 0 Å². The van der Waals surface area contributed by atoms with Gasteiger partial charge in [-0.2, -0.15) is 0 Å². The van der Waals surface area contributed by atoms with Crippen LogP contribution in [0.5, 0.6) is 0 Å². The van der Waals surface area contributed by atoms with E-state index in [2.05, 4.69) is 161 Å². The molecule has 4 heteroatoms. The van der Waals surface area contributed by atoms with Crippen LogP contribution in [0.25, 0.3) is 71.9 Å². The molecule has 0 bridgehead atoms. The standard InChI is InChI=1S/C47H31N3O/c1-4-14-32(15-5-1)38-20-10-12-22-43(38)49(36-26-24-33-25-29-42-46(41(33)30-36)51-47(48-42)34-16-6-2-7-17-34)37-27-28-40-39-21-11-13-23-44(39)50(45(40)31-37)35-18-8-3-9-19-35/h1-31H. The van der Waals surface area contributed by atoms with Crippen molar-refractivity contribution in [3.8, 4) is 28.3 Å². The molecule has 0 saturated carbocycles. The maximum absolute atomic E-state index is 6.53. The summed E-state index contributed by atoms with van der Waals surface area (Å²) in [5.74, 6) is 0.619. The van der Waals surface area contributed by atoms with Crippen LogP contribution in [0.1, 0.15) is 0 Å². The molecule has 240 valence electrons. The summed E-state index contributed by atoms with van der Waals surface area (Å²) < 4.78 is 8.90. The number of rotatable bonds is 6. The SMILES string of the molecule is c1ccc(-c2nc3ccc4ccc(N(c5ccc6c7ccccc7n(-c7ccccc7)c6c5)c5ccccc5-c5ccccc5)cc4c3o2)cc1. The molecular formula is C47H31N3O. The summed E-state index contributed by atoms with van der Waals surface area (Å²) >= 11 is 0. The molecule has 4 nitrogen and oxygen atoms in total. The molecule has 2 heterocycles. The number of benzene rings is 8. The molecular weight excluding hydrogens is 623 g/mol. The van der Waals surface area contributed by atoms with Crippen LogP contribution in [-0.2, 0) is 0 Å². The second-order valence-electron chi connectivity index (χ2n) is 12.8. The van der Waals surface area contributed by atoms with Crippen LogP contribution in [0.2, 0.25) is 0 Å². The maximum Gasteiger partial charge on any atom is 0.227 e. The highest BCUT2D eigenvalue weighted by atomic mass is 16.3.